The summed E-state index contributed by atoms with van der Waals surface area (Å²) in [5.41, 5.74) is 4.18. The topological polar surface area (TPSA) is 71.1 Å². The van der Waals surface area contributed by atoms with E-state index in [2.05, 4.69) is 74.5 Å². The van der Waals surface area contributed by atoms with Crippen LogP contribution in [0.3, 0.4) is 0 Å². The van der Waals surface area contributed by atoms with Gasteiger partial charge < -0.3 is 14.5 Å². The summed E-state index contributed by atoms with van der Waals surface area (Å²) in [5.74, 6) is 0.919. The maximum absolute atomic E-state index is 12.8. The van der Waals surface area contributed by atoms with Gasteiger partial charge in [-0.15, -0.1) is 4.98 Å². The number of anilines is 1. The highest BCUT2D eigenvalue weighted by Gasteiger charge is 2.48. The van der Waals surface area contributed by atoms with Crippen molar-refractivity contribution in [2.75, 3.05) is 44.3 Å². The van der Waals surface area contributed by atoms with Crippen LogP contribution < -0.4 is 10.6 Å². The molecule has 3 fully saturated rings. The minimum Gasteiger partial charge on any atom is -0.380 e. The summed E-state index contributed by atoms with van der Waals surface area (Å²) in [4.78, 5) is 32.9. The summed E-state index contributed by atoms with van der Waals surface area (Å²) in [6.07, 6.45) is 1.90. The summed E-state index contributed by atoms with van der Waals surface area (Å²) >= 11 is 0. The lowest BCUT2D eigenvalue weighted by molar-refractivity contribution is -0.191. The van der Waals surface area contributed by atoms with Crippen LogP contribution in [-0.4, -0.2) is 75.8 Å². The van der Waals surface area contributed by atoms with Gasteiger partial charge in [-0.2, -0.15) is 4.98 Å². The Hall–Kier alpha value is -3.32. The number of benzene rings is 1. The van der Waals surface area contributed by atoms with Gasteiger partial charge in [0.05, 0.1) is 18.7 Å². The van der Waals surface area contributed by atoms with Crippen LogP contribution in [0.25, 0.3) is 15.9 Å². The Balaban J connectivity index is 1.22. The van der Waals surface area contributed by atoms with Crippen LogP contribution in [0.4, 0.5) is 11.6 Å². The van der Waals surface area contributed by atoms with Crippen LogP contribution in [0.1, 0.15) is 50.8 Å². The second-order valence-electron chi connectivity index (χ2n) is 12.0. The molecule has 1 aromatic carbocycles. The van der Waals surface area contributed by atoms with E-state index in [9.17, 15) is 4.79 Å². The fraction of sp³-hybridized carbons (Fsp3) is 0.548. The minimum absolute atomic E-state index is 0.181. The fourth-order valence-electron chi connectivity index (χ4n) is 6.82. The molecule has 3 aromatic rings. The normalized spacial score (nSPS) is 23.5. The quantitative estimate of drug-likeness (QED) is 0.416. The van der Waals surface area contributed by atoms with Crippen molar-refractivity contribution in [2.45, 2.75) is 58.3 Å². The zero-order valence-electron chi connectivity index (χ0n) is 24.0. The Morgan fingerprint density at radius 2 is 1.77 bits per heavy atom. The van der Waals surface area contributed by atoms with Crippen LogP contribution in [0, 0.1) is 12.0 Å². The lowest BCUT2D eigenvalue weighted by Crippen LogP contribution is -2.65. The molecule has 0 amide bonds. The van der Waals surface area contributed by atoms with Crippen LogP contribution >= 0.6 is 0 Å². The van der Waals surface area contributed by atoms with E-state index in [1.54, 1.807) is 13.1 Å². The molecule has 1 spiro atoms. The second-order valence-corrected chi connectivity index (χ2v) is 12.0. The molecular weight excluding hydrogens is 502 g/mol. The SMILES string of the molecule is [C-]#[N+]c1ccc2c(n1)c(N1C[C@@H](CC)N(C(C)c3ccc(CN4CC5(COC5)C4)cc3)C[C@@H]1CC)nc(=O)n2C. The monoisotopic (exact) mass is 541 g/mol. The molecule has 0 saturated carbocycles. The number of hydrogen-bond donors (Lipinski definition) is 0. The van der Waals surface area contributed by atoms with E-state index in [4.69, 9.17) is 11.3 Å². The Morgan fingerprint density at radius 1 is 1.05 bits per heavy atom. The molecule has 0 radical (unpaired) electrons. The van der Waals surface area contributed by atoms with E-state index in [0.29, 0.717) is 34.1 Å². The molecular formula is C31H39N7O2. The maximum Gasteiger partial charge on any atom is 0.350 e. The van der Waals surface area contributed by atoms with Crippen molar-refractivity contribution in [2.24, 2.45) is 12.5 Å². The molecule has 3 aliphatic heterocycles. The molecule has 1 unspecified atom stereocenters. The van der Waals surface area contributed by atoms with Gasteiger partial charge in [-0.3, -0.25) is 14.4 Å². The van der Waals surface area contributed by atoms with Gasteiger partial charge in [-0.05, 0) is 43.0 Å². The molecule has 0 aliphatic carbocycles. The van der Waals surface area contributed by atoms with Crippen molar-refractivity contribution >= 4 is 22.7 Å². The first-order chi connectivity index (χ1) is 19.3. The first kappa shape index (κ1) is 26.9. The average Bonchev–Trinajstić information content (AvgIpc) is 2.94. The molecule has 2 aromatic heterocycles. The number of nitrogens with zero attached hydrogens (tertiary/aromatic N) is 7. The zero-order chi connectivity index (χ0) is 28.0. The summed E-state index contributed by atoms with van der Waals surface area (Å²) in [7, 11) is 1.71. The number of likely N-dealkylation sites (tertiary alicyclic amines) is 1. The van der Waals surface area contributed by atoms with Gasteiger partial charge in [0.2, 0.25) is 5.52 Å². The molecule has 210 valence electrons. The van der Waals surface area contributed by atoms with Crippen molar-refractivity contribution in [3.8, 4) is 0 Å². The molecule has 3 aliphatic rings. The fourth-order valence-corrected chi connectivity index (χ4v) is 6.82. The van der Waals surface area contributed by atoms with Gasteiger partial charge in [0.15, 0.2) is 5.82 Å². The van der Waals surface area contributed by atoms with Gasteiger partial charge >= 0.3 is 5.69 Å². The Bertz CT molecular complexity index is 1480. The third-order valence-corrected chi connectivity index (χ3v) is 9.29. The van der Waals surface area contributed by atoms with Gasteiger partial charge in [0.1, 0.15) is 0 Å². The standard InChI is InChI=1S/C31H39N7O2/c1-6-24-16-38(29-28-26(35(5)30(39)34-29)12-13-27(32-4)33-28)25(7-2)15-37(24)21(3)23-10-8-22(9-11-23)14-36-17-31(18-36)19-40-20-31/h8-13,21,24-25H,6-7,14-20H2,1-3,5H3/t21?,24-,25+/m1/s1. The number of hydrogen-bond acceptors (Lipinski definition) is 7. The molecule has 3 saturated heterocycles. The number of piperazine rings is 1. The van der Waals surface area contributed by atoms with Gasteiger partial charge in [-0.1, -0.05) is 44.7 Å². The number of pyridine rings is 1. The molecule has 3 atom stereocenters. The third-order valence-electron chi connectivity index (χ3n) is 9.29. The predicted octanol–water partition coefficient (Wildman–Crippen LogP) is 4.15. The number of aryl methyl sites for hydroxylation is 1. The highest BCUT2D eigenvalue weighted by Crippen LogP contribution is 2.38. The summed E-state index contributed by atoms with van der Waals surface area (Å²) in [6, 6.07) is 13.4. The van der Waals surface area contributed by atoms with Crippen molar-refractivity contribution in [1.82, 2.24) is 24.3 Å². The van der Waals surface area contributed by atoms with E-state index < -0.39 is 0 Å². The number of fused-ring (bicyclic) bond motifs is 1. The molecule has 0 bridgehead atoms. The molecule has 9 nitrogen and oxygen atoms in total. The van der Waals surface area contributed by atoms with E-state index in [0.717, 1.165) is 58.8 Å². The summed E-state index contributed by atoms with van der Waals surface area (Å²) in [5, 5.41) is 0. The Morgan fingerprint density at radius 3 is 2.40 bits per heavy atom. The van der Waals surface area contributed by atoms with Crippen molar-refractivity contribution < 1.29 is 4.74 Å². The highest BCUT2D eigenvalue weighted by atomic mass is 16.5. The number of rotatable bonds is 7. The number of ether oxygens (including phenoxy) is 1. The highest BCUT2D eigenvalue weighted by molar-refractivity contribution is 5.87. The average molecular weight is 542 g/mol. The summed E-state index contributed by atoms with van der Waals surface area (Å²) < 4.78 is 6.93. The van der Waals surface area contributed by atoms with Crippen molar-refractivity contribution in [3.63, 3.8) is 0 Å². The van der Waals surface area contributed by atoms with Crippen molar-refractivity contribution in [1.29, 1.82) is 0 Å². The zero-order valence-corrected chi connectivity index (χ0v) is 24.0. The Kier molecular flexibility index (Phi) is 7.11. The smallest absolute Gasteiger partial charge is 0.350 e. The van der Waals surface area contributed by atoms with Gasteiger partial charge in [0, 0.05) is 63.3 Å². The summed E-state index contributed by atoms with van der Waals surface area (Å²) in [6.45, 7) is 21.0. The van der Waals surface area contributed by atoms with E-state index in [1.165, 1.54) is 15.7 Å². The third kappa shape index (κ3) is 4.68. The first-order valence-corrected chi connectivity index (χ1v) is 14.5. The molecule has 40 heavy (non-hydrogen) atoms. The van der Waals surface area contributed by atoms with Crippen molar-refractivity contribution in [3.05, 3.63) is 69.4 Å². The minimum atomic E-state index is -0.298. The van der Waals surface area contributed by atoms with Crippen LogP contribution in [0.2, 0.25) is 0 Å². The molecule has 5 heterocycles. The molecule has 6 rings (SSSR count). The first-order valence-electron chi connectivity index (χ1n) is 14.5. The Labute approximate surface area is 236 Å². The van der Waals surface area contributed by atoms with Gasteiger partial charge in [-0.25, -0.2) is 4.79 Å². The largest absolute Gasteiger partial charge is 0.380 e. The van der Waals surface area contributed by atoms with Gasteiger partial charge in [0.25, 0.3) is 5.82 Å². The maximum atomic E-state index is 12.8. The molecule has 0 N–H and O–H groups in total. The molecule has 9 heteroatoms. The van der Waals surface area contributed by atoms with E-state index >= 15 is 0 Å². The van der Waals surface area contributed by atoms with Crippen LogP contribution in [0.15, 0.2) is 41.2 Å². The predicted molar refractivity (Wildman–Crippen MR) is 157 cm³/mol. The van der Waals surface area contributed by atoms with E-state index in [-0.39, 0.29) is 17.8 Å². The van der Waals surface area contributed by atoms with Crippen LogP contribution in [0.5, 0.6) is 0 Å². The van der Waals surface area contributed by atoms with Crippen LogP contribution in [-0.2, 0) is 18.3 Å². The lowest BCUT2D eigenvalue weighted by atomic mass is 9.78. The van der Waals surface area contributed by atoms with E-state index in [1.807, 2.05) is 6.07 Å². The lowest BCUT2D eigenvalue weighted by Gasteiger charge is -2.55. The second kappa shape index (κ2) is 10.6. The number of aromatic nitrogens is 3.